The van der Waals surface area contributed by atoms with Crippen LogP contribution in [0.3, 0.4) is 0 Å². The largest absolute Gasteiger partial charge is 0.398 e. The van der Waals surface area contributed by atoms with Crippen LogP contribution in [-0.2, 0) is 6.54 Å². The van der Waals surface area contributed by atoms with E-state index in [-0.39, 0.29) is 19.0 Å². The molecule has 10 heteroatoms. The molecule has 0 radical (unpaired) electrons. The number of rotatable bonds is 4. The SMILES string of the molecule is Cl.Nc1cc(Cl)cc2c1c(-c1cn[nH]c1)cn2-c1cn(CCO)nn1. The number of hydrogen-bond acceptors (Lipinski definition) is 5. The smallest absolute Gasteiger partial charge is 0.179 e. The lowest BCUT2D eigenvalue weighted by Gasteiger charge is -2.03. The van der Waals surface area contributed by atoms with Gasteiger partial charge < -0.3 is 10.8 Å². The van der Waals surface area contributed by atoms with E-state index in [1.807, 2.05) is 16.8 Å². The first-order chi connectivity index (χ1) is 11.7. The van der Waals surface area contributed by atoms with Crippen LogP contribution in [0.2, 0.25) is 5.02 Å². The molecule has 0 atom stereocenters. The summed E-state index contributed by atoms with van der Waals surface area (Å²) in [7, 11) is 0. The molecular formula is C15H15Cl2N7O. The van der Waals surface area contributed by atoms with Gasteiger partial charge in [-0.05, 0) is 12.1 Å². The molecule has 0 fully saturated rings. The summed E-state index contributed by atoms with van der Waals surface area (Å²) in [5, 5.41) is 25.4. The number of hydrogen-bond donors (Lipinski definition) is 3. The molecule has 4 aromatic rings. The summed E-state index contributed by atoms with van der Waals surface area (Å²) in [4.78, 5) is 0. The van der Waals surface area contributed by atoms with Crippen molar-refractivity contribution >= 4 is 40.6 Å². The second kappa shape index (κ2) is 6.75. The molecule has 0 saturated carbocycles. The number of nitrogen functional groups attached to an aromatic ring is 1. The van der Waals surface area contributed by atoms with Gasteiger partial charge in [-0.2, -0.15) is 5.10 Å². The Morgan fingerprint density at radius 1 is 1.28 bits per heavy atom. The van der Waals surface area contributed by atoms with Gasteiger partial charge in [0.05, 0.1) is 31.1 Å². The topological polar surface area (TPSA) is 111 Å². The van der Waals surface area contributed by atoms with Crippen molar-refractivity contribution in [2.75, 3.05) is 12.3 Å². The van der Waals surface area contributed by atoms with Crippen LogP contribution < -0.4 is 5.73 Å². The Kier molecular flexibility index (Phi) is 4.67. The number of nitrogens with zero attached hydrogens (tertiary/aromatic N) is 5. The predicted molar refractivity (Wildman–Crippen MR) is 98.2 cm³/mol. The Morgan fingerprint density at radius 2 is 2.12 bits per heavy atom. The number of nitrogens with one attached hydrogen (secondary N) is 1. The van der Waals surface area contributed by atoms with Crippen LogP contribution in [0.15, 0.2) is 36.9 Å². The number of nitrogens with two attached hydrogens (primary N) is 1. The van der Waals surface area contributed by atoms with Crippen LogP contribution in [0.1, 0.15) is 0 Å². The fourth-order valence-electron chi connectivity index (χ4n) is 2.78. The standard InChI is InChI=1S/C15H14ClN7O.ClH/c16-10-3-12(17)15-11(9-5-18-19-6-9)7-23(13(15)4-10)14-8-22(1-2-24)21-20-14;/h3-8,24H,1-2,17H2,(H,18,19);1H. The Balaban J connectivity index is 0.00000182. The number of anilines is 1. The van der Waals surface area contributed by atoms with Gasteiger partial charge in [0.15, 0.2) is 5.82 Å². The molecule has 0 bridgehead atoms. The number of halogens is 2. The highest BCUT2D eigenvalue weighted by Gasteiger charge is 2.17. The van der Waals surface area contributed by atoms with Crippen molar-refractivity contribution in [3.8, 4) is 16.9 Å². The molecule has 0 aliphatic rings. The molecule has 8 nitrogen and oxygen atoms in total. The van der Waals surface area contributed by atoms with Crippen molar-refractivity contribution in [3.05, 3.63) is 41.9 Å². The van der Waals surface area contributed by atoms with Gasteiger partial charge in [0.1, 0.15) is 0 Å². The predicted octanol–water partition coefficient (Wildman–Crippen LogP) is 2.26. The maximum atomic E-state index is 9.03. The molecule has 4 rings (SSSR count). The second-order valence-electron chi connectivity index (χ2n) is 5.35. The summed E-state index contributed by atoms with van der Waals surface area (Å²) in [5.41, 5.74) is 9.44. The van der Waals surface area contributed by atoms with Crippen molar-refractivity contribution in [2.24, 2.45) is 0 Å². The number of aromatic amines is 1. The second-order valence-corrected chi connectivity index (χ2v) is 5.79. The van der Waals surface area contributed by atoms with Crippen LogP contribution in [0, 0.1) is 0 Å². The van der Waals surface area contributed by atoms with E-state index >= 15 is 0 Å². The first-order valence-electron chi connectivity index (χ1n) is 7.28. The first-order valence-corrected chi connectivity index (χ1v) is 7.66. The van der Waals surface area contributed by atoms with Crippen molar-refractivity contribution in [2.45, 2.75) is 6.54 Å². The number of aliphatic hydroxyl groups excluding tert-OH is 1. The molecule has 0 spiro atoms. The van der Waals surface area contributed by atoms with Gasteiger partial charge >= 0.3 is 0 Å². The average molecular weight is 380 g/mol. The van der Waals surface area contributed by atoms with Gasteiger partial charge in [0.2, 0.25) is 0 Å². The molecule has 1 aromatic carbocycles. The molecular weight excluding hydrogens is 365 g/mol. The maximum absolute atomic E-state index is 9.03. The lowest BCUT2D eigenvalue weighted by atomic mass is 10.1. The van der Waals surface area contributed by atoms with Gasteiger partial charge in [-0.3, -0.25) is 9.67 Å². The van der Waals surface area contributed by atoms with Crippen molar-refractivity contribution in [1.82, 2.24) is 29.8 Å². The minimum absolute atomic E-state index is 0. The highest BCUT2D eigenvalue weighted by Crippen LogP contribution is 2.37. The molecule has 4 N–H and O–H groups in total. The highest BCUT2D eigenvalue weighted by atomic mass is 35.5. The van der Waals surface area contributed by atoms with Gasteiger partial charge in [0.25, 0.3) is 0 Å². The van der Waals surface area contributed by atoms with E-state index in [0.717, 1.165) is 22.0 Å². The molecule has 3 aromatic heterocycles. The summed E-state index contributed by atoms with van der Waals surface area (Å²) in [6.45, 7) is 0.373. The normalized spacial score (nSPS) is 11.0. The van der Waals surface area contributed by atoms with Crippen LogP contribution in [-0.4, -0.2) is 41.5 Å². The van der Waals surface area contributed by atoms with E-state index in [2.05, 4.69) is 20.5 Å². The van der Waals surface area contributed by atoms with Crippen molar-refractivity contribution in [3.63, 3.8) is 0 Å². The molecule has 130 valence electrons. The molecule has 0 unspecified atom stereocenters. The third-order valence-corrected chi connectivity index (χ3v) is 4.03. The lowest BCUT2D eigenvalue weighted by molar-refractivity contribution is 0.268. The van der Waals surface area contributed by atoms with Crippen molar-refractivity contribution in [1.29, 1.82) is 0 Å². The highest BCUT2D eigenvalue weighted by molar-refractivity contribution is 6.32. The molecule has 0 aliphatic heterocycles. The molecule has 25 heavy (non-hydrogen) atoms. The summed E-state index contributed by atoms with van der Waals surface area (Å²) in [6.07, 6.45) is 7.22. The average Bonchev–Trinajstić information content (AvgIpc) is 3.25. The summed E-state index contributed by atoms with van der Waals surface area (Å²) in [6, 6.07) is 3.56. The van der Waals surface area contributed by atoms with Gasteiger partial charge in [0, 0.05) is 39.6 Å². The van der Waals surface area contributed by atoms with Crippen molar-refractivity contribution < 1.29 is 5.11 Å². The third-order valence-electron chi connectivity index (χ3n) is 3.81. The molecule has 0 saturated heterocycles. The number of aromatic nitrogens is 6. The zero-order valence-corrected chi connectivity index (χ0v) is 14.5. The zero-order valence-electron chi connectivity index (χ0n) is 12.9. The van der Waals surface area contributed by atoms with E-state index < -0.39 is 0 Å². The Labute approximate surface area is 153 Å². The first kappa shape index (κ1) is 17.3. The van der Waals surface area contributed by atoms with Crippen LogP contribution in [0.25, 0.3) is 27.8 Å². The van der Waals surface area contributed by atoms with E-state index in [4.69, 9.17) is 22.4 Å². The Morgan fingerprint density at radius 3 is 2.84 bits per heavy atom. The quantitative estimate of drug-likeness (QED) is 0.471. The van der Waals surface area contributed by atoms with Crippen LogP contribution in [0.4, 0.5) is 5.69 Å². The molecule has 0 aliphatic carbocycles. The summed E-state index contributed by atoms with van der Waals surface area (Å²) in [5.74, 6) is 0.616. The maximum Gasteiger partial charge on any atom is 0.179 e. The Hall–Kier alpha value is -2.55. The minimum Gasteiger partial charge on any atom is -0.398 e. The zero-order chi connectivity index (χ0) is 16.7. The minimum atomic E-state index is -0.00568. The van der Waals surface area contributed by atoms with Gasteiger partial charge in [-0.15, -0.1) is 17.5 Å². The third kappa shape index (κ3) is 2.95. The van der Waals surface area contributed by atoms with E-state index in [0.29, 0.717) is 23.1 Å². The van der Waals surface area contributed by atoms with E-state index in [9.17, 15) is 0 Å². The van der Waals surface area contributed by atoms with E-state index in [1.165, 1.54) is 0 Å². The number of H-pyrrole nitrogens is 1. The molecule has 0 amide bonds. The van der Waals surface area contributed by atoms with Crippen LogP contribution in [0.5, 0.6) is 0 Å². The lowest BCUT2D eigenvalue weighted by Crippen LogP contribution is -2.02. The fourth-order valence-corrected chi connectivity index (χ4v) is 3.00. The fraction of sp³-hybridized carbons (Fsp3) is 0.133. The summed E-state index contributed by atoms with van der Waals surface area (Å²) < 4.78 is 3.45. The summed E-state index contributed by atoms with van der Waals surface area (Å²) >= 11 is 6.19. The number of fused-ring (bicyclic) bond motifs is 1. The number of aliphatic hydroxyl groups is 1. The number of benzene rings is 1. The Bertz CT molecular complexity index is 1010. The monoisotopic (exact) mass is 379 g/mol. The van der Waals surface area contributed by atoms with Gasteiger partial charge in [-0.1, -0.05) is 16.8 Å². The van der Waals surface area contributed by atoms with Gasteiger partial charge in [-0.25, -0.2) is 4.68 Å². The van der Waals surface area contributed by atoms with E-state index in [1.54, 1.807) is 29.3 Å². The molecule has 3 heterocycles. The van der Waals surface area contributed by atoms with Crippen LogP contribution >= 0.6 is 24.0 Å².